The summed E-state index contributed by atoms with van der Waals surface area (Å²) >= 11 is 11.9. The van der Waals surface area contributed by atoms with Gasteiger partial charge in [0.1, 0.15) is 5.52 Å². The number of rotatable bonds is 5. The minimum atomic E-state index is -1.23. The van der Waals surface area contributed by atoms with Crippen molar-refractivity contribution < 1.29 is 14.6 Å². The van der Waals surface area contributed by atoms with Crippen molar-refractivity contribution in [3.8, 4) is 0 Å². The Labute approximate surface area is 136 Å². The highest BCUT2D eigenvalue weighted by Crippen LogP contribution is 2.30. The average molecular weight is 345 g/mol. The second kappa shape index (κ2) is 6.47. The number of ether oxygens (including phenoxy) is 2. The molecule has 7 nitrogen and oxygen atoms in total. The van der Waals surface area contributed by atoms with Crippen LogP contribution in [0.15, 0.2) is 18.5 Å². The lowest BCUT2D eigenvalue weighted by atomic mass is 10.2. The van der Waals surface area contributed by atoms with Gasteiger partial charge in [-0.25, -0.2) is 9.97 Å². The number of allylic oxidation sites excluding steroid dienone is 1. The Hall–Kier alpha value is -1.25. The van der Waals surface area contributed by atoms with E-state index in [0.717, 1.165) is 0 Å². The molecule has 2 heterocycles. The zero-order valence-corrected chi connectivity index (χ0v) is 13.2. The minimum Gasteiger partial charge on any atom is -0.346 e. The fourth-order valence-corrected chi connectivity index (χ4v) is 2.81. The first-order chi connectivity index (χ1) is 10.6. The van der Waals surface area contributed by atoms with Crippen LogP contribution in [0.3, 0.4) is 0 Å². The summed E-state index contributed by atoms with van der Waals surface area (Å²) in [6, 6.07) is -0.0224. The normalized spacial score (nSPS) is 22.5. The van der Waals surface area contributed by atoms with Crippen molar-refractivity contribution in [1.29, 1.82) is 0 Å². The highest BCUT2D eigenvalue weighted by atomic mass is 35.5. The van der Waals surface area contributed by atoms with E-state index in [0.29, 0.717) is 24.2 Å². The third-order valence-electron chi connectivity index (χ3n) is 3.33. The van der Waals surface area contributed by atoms with Gasteiger partial charge in [0.15, 0.2) is 10.8 Å². The molecular weight excluding hydrogens is 331 g/mol. The number of imidazole rings is 1. The number of aromatic nitrogens is 4. The lowest BCUT2D eigenvalue weighted by Crippen LogP contribution is -2.23. The predicted octanol–water partition coefficient (Wildman–Crippen LogP) is 2.33. The largest absolute Gasteiger partial charge is 0.346 e. The first-order valence-corrected chi connectivity index (χ1v) is 7.53. The maximum atomic E-state index is 9.52. The Morgan fingerprint density at radius 2 is 2.23 bits per heavy atom. The molecule has 1 aliphatic carbocycles. The van der Waals surface area contributed by atoms with Crippen LogP contribution in [0.1, 0.15) is 19.4 Å². The summed E-state index contributed by atoms with van der Waals surface area (Å²) in [4.78, 5) is 12.3. The van der Waals surface area contributed by atoms with Crippen molar-refractivity contribution in [2.75, 3.05) is 6.61 Å². The SMILES string of the molecule is CCOC(O)O[C@@H]1C=C[C@H](n2cnc3c(Cl)nc(Cl)nc32)C1. The molecule has 0 bridgehead atoms. The van der Waals surface area contributed by atoms with E-state index in [2.05, 4.69) is 15.0 Å². The number of aliphatic hydroxyl groups excluding tert-OH is 1. The topological polar surface area (TPSA) is 82.3 Å². The third-order valence-corrected chi connectivity index (χ3v) is 3.76. The highest BCUT2D eigenvalue weighted by Gasteiger charge is 2.25. The third kappa shape index (κ3) is 3.09. The Balaban J connectivity index is 1.78. The smallest absolute Gasteiger partial charge is 0.269 e. The molecule has 0 spiro atoms. The van der Waals surface area contributed by atoms with Crippen molar-refractivity contribution in [2.45, 2.75) is 32.0 Å². The van der Waals surface area contributed by atoms with Gasteiger partial charge in [0.2, 0.25) is 5.28 Å². The van der Waals surface area contributed by atoms with Gasteiger partial charge in [-0.1, -0.05) is 23.8 Å². The number of fused-ring (bicyclic) bond motifs is 1. The summed E-state index contributed by atoms with van der Waals surface area (Å²) in [6.45, 7) is 0.926. The van der Waals surface area contributed by atoms with E-state index in [1.54, 1.807) is 13.3 Å². The standard InChI is InChI=1S/C13H14Cl2N4O3/c1-2-21-13(20)22-8-4-3-7(5-8)19-6-16-9-10(14)17-12(15)18-11(9)19/h3-4,6-8,13,20H,2,5H2,1H3/t7-,8+,13?/m0/s1. The van der Waals surface area contributed by atoms with Gasteiger partial charge in [0.25, 0.3) is 6.48 Å². The van der Waals surface area contributed by atoms with Crippen LogP contribution >= 0.6 is 23.2 Å². The molecule has 2 aromatic rings. The van der Waals surface area contributed by atoms with Gasteiger partial charge in [-0.15, -0.1) is 0 Å². The van der Waals surface area contributed by atoms with Gasteiger partial charge in [-0.3, -0.25) is 0 Å². The molecule has 3 atom stereocenters. The number of hydrogen-bond acceptors (Lipinski definition) is 6. The van der Waals surface area contributed by atoms with Crippen molar-refractivity contribution >= 4 is 34.4 Å². The summed E-state index contributed by atoms with van der Waals surface area (Å²) < 4.78 is 12.2. The fraction of sp³-hybridized carbons (Fsp3) is 0.462. The molecule has 2 aromatic heterocycles. The van der Waals surface area contributed by atoms with Crippen LogP contribution < -0.4 is 0 Å². The number of aliphatic hydroxyl groups is 1. The molecule has 0 saturated carbocycles. The lowest BCUT2D eigenvalue weighted by Gasteiger charge is -2.17. The summed E-state index contributed by atoms with van der Waals surface area (Å²) in [5.41, 5.74) is 1.06. The molecule has 0 aromatic carbocycles. The highest BCUT2D eigenvalue weighted by molar-refractivity contribution is 6.35. The van der Waals surface area contributed by atoms with Crippen molar-refractivity contribution in [3.05, 3.63) is 28.9 Å². The first kappa shape index (κ1) is 15.6. The van der Waals surface area contributed by atoms with Gasteiger partial charge in [0, 0.05) is 13.0 Å². The quantitative estimate of drug-likeness (QED) is 0.388. The summed E-state index contributed by atoms with van der Waals surface area (Å²) in [5.74, 6) is 0. The second-order valence-electron chi connectivity index (χ2n) is 4.73. The van der Waals surface area contributed by atoms with Gasteiger partial charge in [-0.2, -0.15) is 4.98 Å². The fourth-order valence-electron chi connectivity index (χ4n) is 2.39. The summed E-state index contributed by atoms with van der Waals surface area (Å²) in [5, 5.41) is 9.81. The maximum Gasteiger partial charge on any atom is 0.269 e. The second-order valence-corrected chi connectivity index (χ2v) is 5.43. The zero-order valence-electron chi connectivity index (χ0n) is 11.7. The van der Waals surface area contributed by atoms with Crippen molar-refractivity contribution in [1.82, 2.24) is 19.5 Å². The molecule has 1 N–H and O–H groups in total. The molecule has 0 aliphatic heterocycles. The molecule has 0 fully saturated rings. The maximum absolute atomic E-state index is 9.52. The van der Waals surface area contributed by atoms with Gasteiger partial charge >= 0.3 is 0 Å². The van der Waals surface area contributed by atoms with E-state index in [4.69, 9.17) is 32.7 Å². The van der Waals surface area contributed by atoms with Gasteiger partial charge in [0.05, 0.1) is 18.5 Å². The van der Waals surface area contributed by atoms with E-state index in [9.17, 15) is 5.11 Å². The molecule has 3 rings (SSSR count). The Morgan fingerprint density at radius 1 is 1.41 bits per heavy atom. The molecular formula is C13H14Cl2N4O3. The van der Waals surface area contributed by atoms with E-state index < -0.39 is 6.48 Å². The van der Waals surface area contributed by atoms with Crippen molar-refractivity contribution in [3.63, 3.8) is 0 Å². The lowest BCUT2D eigenvalue weighted by molar-refractivity contribution is -0.273. The van der Waals surface area contributed by atoms with E-state index in [-0.39, 0.29) is 22.6 Å². The average Bonchev–Trinajstić information content (AvgIpc) is 3.05. The molecule has 1 aliphatic rings. The Bertz CT molecular complexity index is 706. The number of hydrogen-bond donors (Lipinski definition) is 1. The molecule has 22 heavy (non-hydrogen) atoms. The minimum absolute atomic E-state index is 0.0224. The first-order valence-electron chi connectivity index (χ1n) is 6.77. The van der Waals surface area contributed by atoms with Crippen LogP contribution in [0.25, 0.3) is 11.2 Å². The van der Waals surface area contributed by atoms with Crippen LogP contribution in [0.5, 0.6) is 0 Å². The van der Waals surface area contributed by atoms with Crippen LogP contribution in [0.4, 0.5) is 0 Å². The van der Waals surface area contributed by atoms with Crippen LogP contribution in [0.2, 0.25) is 10.4 Å². The van der Waals surface area contributed by atoms with Gasteiger partial charge < -0.3 is 19.1 Å². The monoisotopic (exact) mass is 344 g/mol. The van der Waals surface area contributed by atoms with Crippen LogP contribution in [0, 0.1) is 0 Å². The molecule has 118 valence electrons. The van der Waals surface area contributed by atoms with E-state index in [1.165, 1.54) is 0 Å². The van der Waals surface area contributed by atoms with E-state index >= 15 is 0 Å². The number of nitrogens with zero attached hydrogens (tertiary/aromatic N) is 4. The van der Waals surface area contributed by atoms with Crippen LogP contribution in [-0.2, 0) is 9.47 Å². The Morgan fingerprint density at radius 3 is 3.00 bits per heavy atom. The molecule has 0 amide bonds. The molecule has 1 unspecified atom stereocenters. The summed E-state index contributed by atoms with van der Waals surface area (Å²) in [6.07, 6.45) is 5.82. The Kier molecular flexibility index (Phi) is 4.60. The van der Waals surface area contributed by atoms with Gasteiger partial charge in [-0.05, 0) is 18.5 Å². The molecule has 0 radical (unpaired) electrons. The molecule has 0 saturated heterocycles. The predicted molar refractivity (Wildman–Crippen MR) is 80.6 cm³/mol. The van der Waals surface area contributed by atoms with E-state index in [1.807, 2.05) is 16.7 Å². The zero-order chi connectivity index (χ0) is 15.7. The number of halogens is 2. The van der Waals surface area contributed by atoms with Crippen LogP contribution in [-0.4, -0.2) is 43.8 Å². The molecule has 9 heteroatoms. The summed E-state index contributed by atoms with van der Waals surface area (Å²) in [7, 11) is 0. The van der Waals surface area contributed by atoms with Crippen molar-refractivity contribution in [2.24, 2.45) is 0 Å².